The summed E-state index contributed by atoms with van der Waals surface area (Å²) in [7, 11) is -2.09. The van der Waals surface area contributed by atoms with Gasteiger partial charge in [-0.2, -0.15) is 0 Å². The number of amides is 1. The topological polar surface area (TPSA) is 109 Å². The molecule has 1 fully saturated rings. The van der Waals surface area contributed by atoms with Crippen LogP contribution in [0.4, 0.5) is 0 Å². The largest absolute Gasteiger partial charge is 0.494 e. The molecule has 1 aliphatic heterocycles. The number of aliphatic imine (C=N–C) groups is 1. The molecule has 1 amide bonds. The zero-order valence-electron chi connectivity index (χ0n) is 19.9. The summed E-state index contributed by atoms with van der Waals surface area (Å²) in [6.07, 6.45) is 0.743. The molecule has 1 atom stereocenters. The zero-order chi connectivity index (χ0) is 24.9. The number of nitrogens with zero attached hydrogens (tertiary/aromatic N) is 2. The van der Waals surface area contributed by atoms with Crippen molar-refractivity contribution in [3.63, 3.8) is 0 Å². The molecule has 1 unspecified atom stereocenters. The van der Waals surface area contributed by atoms with Gasteiger partial charge in [-0.15, -0.1) is 10.8 Å². The maximum Gasteiger partial charge on any atom is 0.309 e. The van der Waals surface area contributed by atoms with Gasteiger partial charge >= 0.3 is 5.97 Å². The number of benzene rings is 2. The number of esters is 1. The van der Waals surface area contributed by atoms with E-state index in [1.54, 1.807) is 69.3 Å². The molecule has 8 nitrogen and oxygen atoms in total. The lowest BCUT2D eigenvalue weighted by Gasteiger charge is -2.46. The van der Waals surface area contributed by atoms with Gasteiger partial charge in [0.15, 0.2) is 0 Å². The van der Waals surface area contributed by atoms with Gasteiger partial charge in [-0.25, -0.2) is 4.31 Å². The maximum absolute atomic E-state index is 13.2. The van der Waals surface area contributed by atoms with Crippen molar-refractivity contribution in [2.45, 2.75) is 44.4 Å². The fourth-order valence-electron chi connectivity index (χ4n) is 3.82. The van der Waals surface area contributed by atoms with Crippen molar-refractivity contribution in [2.75, 3.05) is 20.3 Å². The third-order valence-corrected chi connectivity index (χ3v) is 7.68. The molecule has 2 N–H and O–H groups in total. The van der Waals surface area contributed by atoms with Gasteiger partial charge in [-0.3, -0.25) is 23.7 Å². The minimum Gasteiger partial charge on any atom is -0.494 e. The van der Waals surface area contributed by atoms with E-state index in [9.17, 15) is 18.7 Å². The van der Waals surface area contributed by atoms with Crippen LogP contribution in [0, 0.1) is 0 Å². The van der Waals surface area contributed by atoms with E-state index >= 15 is 0 Å². The van der Waals surface area contributed by atoms with E-state index < -0.39 is 27.5 Å². The highest BCUT2D eigenvalue weighted by Gasteiger charge is 2.54. The Morgan fingerprint density at radius 1 is 1.09 bits per heavy atom. The lowest BCUT2D eigenvalue weighted by molar-refractivity contribution is -0.139. The predicted molar refractivity (Wildman–Crippen MR) is 133 cm³/mol. The van der Waals surface area contributed by atoms with E-state index in [2.05, 4.69) is 9.73 Å². The van der Waals surface area contributed by atoms with Crippen LogP contribution in [-0.2, 0) is 20.7 Å². The number of hydrogen-bond acceptors (Lipinski definition) is 7. The van der Waals surface area contributed by atoms with Crippen LogP contribution in [0.3, 0.4) is 0 Å². The van der Waals surface area contributed by atoms with Crippen molar-refractivity contribution in [3.8, 4) is 5.75 Å². The lowest BCUT2D eigenvalue weighted by Crippen LogP contribution is -2.43. The average Bonchev–Trinajstić information content (AvgIpc) is 2.99. The molecular weight excluding hydrogens is 456 g/mol. The first-order valence-electron chi connectivity index (χ1n) is 11.1. The summed E-state index contributed by atoms with van der Waals surface area (Å²) >= 11 is 0. The van der Waals surface area contributed by atoms with Crippen molar-refractivity contribution >= 4 is 28.4 Å². The third kappa shape index (κ3) is 5.78. The van der Waals surface area contributed by atoms with E-state index in [1.165, 1.54) is 11.4 Å². The van der Waals surface area contributed by atoms with Crippen LogP contribution in [0.1, 0.15) is 43.6 Å². The van der Waals surface area contributed by atoms with Crippen molar-refractivity contribution in [1.82, 2.24) is 4.31 Å². The second-order valence-electron chi connectivity index (χ2n) is 8.99. The van der Waals surface area contributed by atoms with Crippen LogP contribution in [0.25, 0.3) is 0 Å². The molecule has 184 valence electrons. The van der Waals surface area contributed by atoms with E-state index in [-0.39, 0.29) is 18.1 Å². The molecule has 0 radical (unpaired) electrons. The first kappa shape index (κ1) is 25.7. The van der Waals surface area contributed by atoms with Gasteiger partial charge in [0.2, 0.25) is 0 Å². The van der Waals surface area contributed by atoms with Crippen molar-refractivity contribution in [1.29, 1.82) is 0 Å². The molecule has 0 aliphatic carbocycles. The standard InChI is InChI=1S/C25H32N2O6S/c1-25(2,3)27-24(29)22(23(34(27,30)31)19-9-6-5-7-10-19)26-15-8-16-33-20-13-11-18(12-14-20)17-21(28)32-4/h5-7,9-14,23,30-31H,8,15-17H2,1-4H3. The summed E-state index contributed by atoms with van der Waals surface area (Å²) in [4.78, 5) is 29.1. The molecular formula is C25H32N2O6S. The molecule has 34 heavy (non-hydrogen) atoms. The van der Waals surface area contributed by atoms with Crippen LogP contribution in [0.15, 0.2) is 59.6 Å². The highest BCUT2D eigenvalue weighted by Crippen LogP contribution is 2.64. The van der Waals surface area contributed by atoms with Crippen LogP contribution in [0.5, 0.6) is 5.75 Å². The van der Waals surface area contributed by atoms with Gasteiger partial charge in [-0.1, -0.05) is 42.5 Å². The first-order valence-corrected chi connectivity index (χ1v) is 12.6. The Bertz CT molecular complexity index is 1030. The first-order chi connectivity index (χ1) is 16.1. The smallest absolute Gasteiger partial charge is 0.309 e. The van der Waals surface area contributed by atoms with Crippen LogP contribution >= 0.6 is 10.8 Å². The fourth-order valence-corrected chi connectivity index (χ4v) is 6.17. The Kier molecular flexibility index (Phi) is 8.01. The highest BCUT2D eigenvalue weighted by atomic mass is 32.3. The molecule has 1 aliphatic rings. The molecule has 0 aromatic heterocycles. The molecule has 2 aromatic carbocycles. The van der Waals surface area contributed by atoms with E-state index in [1.807, 2.05) is 6.07 Å². The number of ether oxygens (including phenoxy) is 2. The Labute approximate surface area is 202 Å². The van der Waals surface area contributed by atoms with Crippen molar-refractivity contribution in [3.05, 3.63) is 65.7 Å². The zero-order valence-corrected chi connectivity index (χ0v) is 20.7. The average molecular weight is 489 g/mol. The maximum atomic E-state index is 13.2. The molecule has 0 spiro atoms. The summed E-state index contributed by atoms with van der Waals surface area (Å²) in [6, 6.07) is 16.2. The third-order valence-electron chi connectivity index (χ3n) is 5.30. The summed E-state index contributed by atoms with van der Waals surface area (Å²) < 4.78 is 33.8. The van der Waals surface area contributed by atoms with Crippen molar-refractivity contribution < 1.29 is 28.2 Å². The molecule has 1 saturated heterocycles. The number of rotatable bonds is 8. The van der Waals surface area contributed by atoms with Gasteiger partial charge in [0, 0.05) is 13.0 Å². The monoisotopic (exact) mass is 488 g/mol. The van der Waals surface area contributed by atoms with Gasteiger partial charge in [0.25, 0.3) is 5.91 Å². The van der Waals surface area contributed by atoms with Gasteiger partial charge in [-0.05, 0) is 44.0 Å². The van der Waals surface area contributed by atoms with Gasteiger partial charge in [0.1, 0.15) is 16.7 Å². The van der Waals surface area contributed by atoms with Crippen LogP contribution in [-0.4, -0.2) is 56.8 Å². The molecule has 3 rings (SSSR count). The highest BCUT2D eigenvalue weighted by molar-refractivity contribution is 8.24. The van der Waals surface area contributed by atoms with Crippen LogP contribution < -0.4 is 4.74 Å². The Morgan fingerprint density at radius 3 is 2.32 bits per heavy atom. The van der Waals surface area contributed by atoms with Gasteiger partial charge in [0.05, 0.1) is 25.7 Å². The summed E-state index contributed by atoms with van der Waals surface area (Å²) in [5.74, 6) is -0.0957. The van der Waals surface area contributed by atoms with E-state index in [4.69, 9.17) is 4.74 Å². The number of carbonyl (C=O) groups excluding carboxylic acids is 2. The normalized spacial score (nSPS) is 19.8. The Hall–Kier alpha value is -2.88. The summed E-state index contributed by atoms with van der Waals surface area (Å²) in [6.45, 7) is 5.99. The van der Waals surface area contributed by atoms with E-state index in [0.29, 0.717) is 30.9 Å². The molecule has 0 saturated carbocycles. The SMILES string of the molecule is COC(=O)Cc1ccc(OCCCN=C2C(=O)N(C(C)(C)C)S(O)(O)C2c2ccccc2)cc1. The second kappa shape index (κ2) is 10.6. The van der Waals surface area contributed by atoms with E-state index in [0.717, 1.165) is 5.56 Å². The van der Waals surface area contributed by atoms with Gasteiger partial charge < -0.3 is 9.47 Å². The quantitative estimate of drug-likeness (QED) is 0.413. The van der Waals surface area contributed by atoms with Crippen LogP contribution in [0.2, 0.25) is 0 Å². The fraction of sp³-hybridized carbons (Fsp3) is 0.400. The molecule has 1 heterocycles. The Morgan fingerprint density at radius 2 is 1.74 bits per heavy atom. The molecule has 2 aromatic rings. The minimum absolute atomic E-state index is 0.160. The molecule has 0 bridgehead atoms. The minimum atomic E-state index is -3.45. The Balaban J connectivity index is 1.67. The number of methoxy groups -OCH3 is 1. The van der Waals surface area contributed by atoms with Crippen molar-refractivity contribution in [2.24, 2.45) is 4.99 Å². The second-order valence-corrected chi connectivity index (χ2v) is 10.9. The number of hydrogen-bond donors (Lipinski definition) is 2. The number of carbonyl (C=O) groups is 2. The summed E-state index contributed by atoms with van der Waals surface area (Å²) in [5.41, 5.74) is 0.862. The summed E-state index contributed by atoms with van der Waals surface area (Å²) in [5, 5.41) is -0.899. The lowest BCUT2D eigenvalue weighted by atomic mass is 10.1. The predicted octanol–water partition coefficient (Wildman–Crippen LogP) is 4.66. The molecule has 9 heteroatoms.